The topological polar surface area (TPSA) is 51.1 Å². The highest BCUT2D eigenvalue weighted by Crippen LogP contribution is 2.14. The Labute approximate surface area is 99.8 Å². The van der Waals surface area contributed by atoms with E-state index in [1.54, 1.807) is 0 Å². The third-order valence-electron chi connectivity index (χ3n) is 1.91. The smallest absolute Gasteiger partial charge is 0.323 e. The van der Waals surface area contributed by atoms with Crippen molar-refractivity contribution in [1.29, 1.82) is 0 Å². The normalized spacial score (nSPS) is 9.62. The summed E-state index contributed by atoms with van der Waals surface area (Å²) < 4.78 is 5.11. The number of ether oxygens (including phenoxy) is 1. The van der Waals surface area contributed by atoms with E-state index in [-0.39, 0.29) is 17.9 Å². The fourth-order valence-electron chi connectivity index (χ4n) is 1.14. The molecule has 0 radical (unpaired) electrons. The SMILES string of the molecule is C#CCOc1nc(Cl)nc(N(CC)CC)n1. The number of hydrogen-bond acceptors (Lipinski definition) is 5. The van der Waals surface area contributed by atoms with Crippen LogP contribution in [0.15, 0.2) is 0 Å². The van der Waals surface area contributed by atoms with Gasteiger partial charge >= 0.3 is 6.01 Å². The van der Waals surface area contributed by atoms with Gasteiger partial charge < -0.3 is 9.64 Å². The Morgan fingerprint density at radius 3 is 2.56 bits per heavy atom. The molecule has 1 aromatic rings. The standard InChI is InChI=1S/C10H13ClN4O/c1-4-7-16-10-13-8(11)12-9(14-10)15(5-2)6-3/h1H,5-7H2,2-3H3. The number of terminal acetylenes is 1. The van der Waals surface area contributed by atoms with Gasteiger partial charge in [0, 0.05) is 13.1 Å². The number of rotatable bonds is 5. The molecule has 86 valence electrons. The van der Waals surface area contributed by atoms with E-state index < -0.39 is 0 Å². The second kappa shape index (κ2) is 6.13. The van der Waals surface area contributed by atoms with E-state index in [9.17, 15) is 0 Å². The lowest BCUT2D eigenvalue weighted by Gasteiger charge is -2.18. The molecule has 1 rings (SSSR count). The highest BCUT2D eigenvalue weighted by Gasteiger charge is 2.10. The van der Waals surface area contributed by atoms with E-state index in [4.69, 9.17) is 22.8 Å². The zero-order chi connectivity index (χ0) is 12.0. The van der Waals surface area contributed by atoms with Crippen LogP contribution < -0.4 is 9.64 Å². The van der Waals surface area contributed by atoms with Crippen molar-refractivity contribution in [2.24, 2.45) is 0 Å². The monoisotopic (exact) mass is 240 g/mol. The van der Waals surface area contributed by atoms with Crippen LogP contribution in [0, 0.1) is 12.3 Å². The van der Waals surface area contributed by atoms with Crippen LogP contribution in [0.25, 0.3) is 0 Å². The van der Waals surface area contributed by atoms with Crippen LogP contribution >= 0.6 is 11.6 Å². The Morgan fingerprint density at radius 1 is 1.31 bits per heavy atom. The zero-order valence-electron chi connectivity index (χ0n) is 9.27. The average molecular weight is 241 g/mol. The van der Waals surface area contributed by atoms with E-state index in [0.29, 0.717) is 5.95 Å². The molecule has 0 fully saturated rings. The van der Waals surface area contributed by atoms with E-state index in [1.807, 2.05) is 18.7 Å². The summed E-state index contributed by atoms with van der Waals surface area (Å²) in [6.07, 6.45) is 5.08. The van der Waals surface area contributed by atoms with Gasteiger partial charge in [0.2, 0.25) is 11.2 Å². The Kier molecular flexibility index (Phi) is 4.80. The van der Waals surface area contributed by atoms with Gasteiger partial charge in [0.15, 0.2) is 6.61 Å². The van der Waals surface area contributed by atoms with Gasteiger partial charge in [-0.2, -0.15) is 15.0 Å². The lowest BCUT2D eigenvalue weighted by Crippen LogP contribution is -2.24. The fraction of sp³-hybridized carbons (Fsp3) is 0.500. The Bertz CT molecular complexity index is 387. The van der Waals surface area contributed by atoms with Crippen molar-refractivity contribution in [2.75, 3.05) is 24.6 Å². The minimum Gasteiger partial charge on any atom is -0.450 e. The summed E-state index contributed by atoms with van der Waals surface area (Å²) in [5.74, 6) is 2.83. The lowest BCUT2D eigenvalue weighted by molar-refractivity contribution is 0.338. The van der Waals surface area contributed by atoms with E-state index in [0.717, 1.165) is 13.1 Å². The zero-order valence-corrected chi connectivity index (χ0v) is 10.0. The van der Waals surface area contributed by atoms with Gasteiger partial charge in [-0.1, -0.05) is 5.92 Å². The Balaban J connectivity index is 2.93. The van der Waals surface area contributed by atoms with Crippen LogP contribution in [-0.2, 0) is 0 Å². The molecule has 0 saturated carbocycles. The molecule has 0 bridgehead atoms. The molecular weight excluding hydrogens is 228 g/mol. The molecule has 0 aromatic carbocycles. The van der Waals surface area contributed by atoms with E-state index in [2.05, 4.69) is 20.9 Å². The number of hydrogen-bond donors (Lipinski definition) is 0. The first-order chi connectivity index (χ1) is 7.71. The van der Waals surface area contributed by atoms with Gasteiger partial charge in [0.25, 0.3) is 0 Å². The summed E-state index contributed by atoms with van der Waals surface area (Å²) in [5.41, 5.74) is 0. The minimum atomic E-state index is 0.101. The summed E-state index contributed by atoms with van der Waals surface area (Å²) in [6.45, 7) is 5.68. The van der Waals surface area contributed by atoms with Gasteiger partial charge in [0.1, 0.15) is 0 Å². The Hall–Kier alpha value is -1.54. The van der Waals surface area contributed by atoms with Crippen LogP contribution in [0.3, 0.4) is 0 Å². The molecule has 0 unspecified atom stereocenters. The van der Waals surface area contributed by atoms with Gasteiger partial charge in [-0.25, -0.2) is 0 Å². The first-order valence-corrected chi connectivity index (χ1v) is 5.31. The molecular formula is C10H13ClN4O. The number of nitrogens with zero attached hydrogens (tertiary/aromatic N) is 4. The second-order valence-corrected chi connectivity index (χ2v) is 3.19. The van der Waals surface area contributed by atoms with Crippen molar-refractivity contribution in [3.8, 4) is 18.4 Å². The fourth-order valence-corrected chi connectivity index (χ4v) is 1.29. The largest absolute Gasteiger partial charge is 0.450 e. The van der Waals surface area contributed by atoms with Crippen molar-refractivity contribution in [1.82, 2.24) is 15.0 Å². The quantitative estimate of drug-likeness (QED) is 0.728. The van der Waals surface area contributed by atoms with Crippen LogP contribution in [0.5, 0.6) is 6.01 Å². The summed E-state index contributed by atoms with van der Waals surface area (Å²) in [7, 11) is 0. The maximum Gasteiger partial charge on any atom is 0.323 e. The molecule has 0 aliphatic heterocycles. The van der Waals surface area contributed by atoms with Crippen molar-refractivity contribution in [2.45, 2.75) is 13.8 Å². The maximum absolute atomic E-state index is 5.77. The third kappa shape index (κ3) is 3.24. The molecule has 0 spiro atoms. The summed E-state index contributed by atoms with van der Waals surface area (Å²) >= 11 is 5.77. The molecule has 0 amide bonds. The predicted molar refractivity (Wildman–Crippen MR) is 62.7 cm³/mol. The minimum absolute atomic E-state index is 0.101. The molecule has 1 heterocycles. The first-order valence-electron chi connectivity index (χ1n) is 4.94. The summed E-state index contributed by atoms with van der Waals surface area (Å²) in [5, 5.41) is 0.101. The average Bonchev–Trinajstić information content (AvgIpc) is 2.27. The van der Waals surface area contributed by atoms with Gasteiger partial charge in [-0.3, -0.25) is 0 Å². The van der Waals surface area contributed by atoms with E-state index >= 15 is 0 Å². The molecule has 1 aromatic heterocycles. The van der Waals surface area contributed by atoms with Crippen LogP contribution in [-0.4, -0.2) is 34.6 Å². The summed E-state index contributed by atoms with van der Waals surface area (Å²) in [6, 6.07) is 0.153. The molecule has 5 nitrogen and oxygen atoms in total. The highest BCUT2D eigenvalue weighted by molar-refractivity contribution is 6.28. The van der Waals surface area contributed by atoms with Crippen LogP contribution in [0.1, 0.15) is 13.8 Å². The maximum atomic E-state index is 5.77. The number of anilines is 1. The van der Waals surface area contributed by atoms with Gasteiger partial charge in [-0.15, -0.1) is 6.42 Å². The molecule has 16 heavy (non-hydrogen) atoms. The second-order valence-electron chi connectivity index (χ2n) is 2.85. The molecule has 6 heteroatoms. The first kappa shape index (κ1) is 12.5. The predicted octanol–water partition coefficient (Wildman–Crippen LogP) is 1.38. The molecule has 0 N–H and O–H groups in total. The van der Waals surface area contributed by atoms with Crippen LogP contribution in [0.2, 0.25) is 5.28 Å². The number of halogens is 1. The van der Waals surface area contributed by atoms with Crippen molar-refractivity contribution in [3.63, 3.8) is 0 Å². The molecule has 0 saturated heterocycles. The number of aromatic nitrogens is 3. The molecule has 0 aliphatic carbocycles. The van der Waals surface area contributed by atoms with E-state index in [1.165, 1.54) is 0 Å². The van der Waals surface area contributed by atoms with Crippen molar-refractivity contribution < 1.29 is 4.74 Å². The van der Waals surface area contributed by atoms with Crippen molar-refractivity contribution >= 4 is 17.5 Å². The summed E-state index contributed by atoms with van der Waals surface area (Å²) in [4.78, 5) is 13.9. The van der Waals surface area contributed by atoms with Gasteiger partial charge in [-0.05, 0) is 25.4 Å². The molecule has 0 aliphatic rings. The van der Waals surface area contributed by atoms with Crippen molar-refractivity contribution in [3.05, 3.63) is 5.28 Å². The Morgan fingerprint density at radius 2 is 2.00 bits per heavy atom. The molecule has 0 atom stereocenters. The lowest BCUT2D eigenvalue weighted by atomic mass is 10.5. The van der Waals surface area contributed by atoms with Crippen LogP contribution in [0.4, 0.5) is 5.95 Å². The third-order valence-corrected chi connectivity index (χ3v) is 2.08. The highest BCUT2D eigenvalue weighted by atomic mass is 35.5. The van der Waals surface area contributed by atoms with Gasteiger partial charge in [0.05, 0.1) is 0 Å².